The van der Waals surface area contributed by atoms with Crippen LogP contribution >= 0.6 is 24.0 Å². The maximum absolute atomic E-state index is 12.1. The van der Waals surface area contributed by atoms with Gasteiger partial charge in [-0.25, -0.2) is 4.99 Å². The van der Waals surface area contributed by atoms with Crippen molar-refractivity contribution in [3.63, 3.8) is 0 Å². The highest BCUT2D eigenvalue weighted by Gasteiger charge is 2.25. The van der Waals surface area contributed by atoms with E-state index in [1.165, 1.54) is 5.56 Å². The molecule has 2 aromatic carbocycles. The lowest BCUT2D eigenvalue weighted by atomic mass is 9.85. The molecule has 1 aliphatic rings. The minimum absolute atomic E-state index is 0. The van der Waals surface area contributed by atoms with Crippen molar-refractivity contribution in [2.45, 2.75) is 32.4 Å². The maximum Gasteiger partial charge on any atom is 0.227 e. The standard InChI is InChI=1S/C22H28N4O.HI/c1-26(2)22(23-15-17-8-4-3-5-9-17)24-16-18-10-6-13-20(14-18)25-21(27)19-11-7-12-19;/h3-6,8-10,13-14,19H,7,11-12,15-16H2,1-2H3,(H,23,24)(H,25,27);1H. The van der Waals surface area contributed by atoms with Crippen LogP contribution in [0, 0.1) is 5.92 Å². The highest BCUT2D eigenvalue weighted by Crippen LogP contribution is 2.27. The topological polar surface area (TPSA) is 56.7 Å². The summed E-state index contributed by atoms with van der Waals surface area (Å²) < 4.78 is 0. The molecule has 1 aliphatic carbocycles. The van der Waals surface area contributed by atoms with Gasteiger partial charge in [0.25, 0.3) is 0 Å². The normalized spacial score (nSPS) is 13.9. The van der Waals surface area contributed by atoms with Crippen LogP contribution in [-0.4, -0.2) is 30.9 Å². The first-order valence-corrected chi connectivity index (χ1v) is 9.51. The minimum Gasteiger partial charge on any atom is -0.352 e. The van der Waals surface area contributed by atoms with E-state index in [1.54, 1.807) is 0 Å². The van der Waals surface area contributed by atoms with Gasteiger partial charge in [0, 0.05) is 32.2 Å². The molecule has 28 heavy (non-hydrogen) atoms. The summed E-state index contributed by atoms with van der Waals surface area (Å²) in [7, 11) is 3.96. The molecular weight excluding hydrogens is 463 g/mol. The Bertz CT molecular complexity index is 788. The molecule has 0 heterocycles. The quantitative estimate of drug-likeness (QED) is 0.360. The van der Waals surface area contributed by atoms with E-state index in [-0.39, 0.29) is 35.8 Å². The van der Waals surface area contributed by atoms with Gasteiger partial charge in [0.2, 0.25) is 5.91 Å². The number of amides is 1. The molecule has 2 aromatic rings. The smallest absolute Gasteiger partial charge is 0.227 e. The Morgan fingerprint density at radius 2 is 1.79 bits per heavy atom. The average Bonchev–Trinajstić information content (AvgIpc) is 2.61. The van der Waals surface area contributed by atoms with Gasteiger partial charge in [0.05, 0.1) is 6.54 Å². The molecule has 0 saturated heterocycles. The van der Waals surface area contributed by atoms with Gasteiger partial charge in [-0.1, -0.05) is 48.9 Å². The molecule has 6 heteroatoms. The number of aliphatic imine (C=N–C) groups is 1. The Balaban J connectivity index is 0.00000280. The van der Waals surface area contributed by atoms with E-state index in [9.17, 15) is 4.79 Å². The zero-order chi connectivity index (χ0) is 19.1. The summed E-state index contributed by atoms with van der Waals surface area (Å²) in [5.74, 6) is 1.16. The van der Waals surface area contributed by atoms with E-state index >= 15 is 0 Å². The van der Waals surface area contributed by atoms with Crippen molar-refractivity contribution in [2.75, 3.05) is 19.4 Å². The first kappa shape index (κ1) is 22.2. The third kappa shape index (κ3) is 6.51. The number of carbonyl (C=O) groups is 1. The lowest BCUT2D eigenvalue weighted by Crippen LogP contribution is -2.36. The van der Waals surface area contributed by atoms with Crippen LogP contribution in [-0.2, 0) is 17.9 Å². The monoisotopic (exact) mass is 492 g/mol. The molecule has 3 rings (SSSR count). The summed E-state index contributed by atoms with van der Waals surface area (Å²) in [6.45, 7) is 1.29. The van der Waals surface area contributed by atoms with Gasteiger partial charge in [-0.05, 0) is 36.1 Å². The Morgan fingerprint density at radius 3 is 2.43 bits per heavy atom. The Morgan fingerprint density at radius 1 is 1.07 bits per heavy atom. The van der Waals surface area contributed by atoms with Crippen LogP contribution in [0.5, 0.6) is 0 Å². The number of guanidine groups is 1. The second-order valence-corrected chi connectivity index (χ2v) is 7.19. The molecule has 0 aliphatic heterocycles. The van der Waals surface area contributed by atoms with Crippen molar-refractivity contribution < 1.29 is 4.79 Å². The van der Waals surface area contributed by atoms with Crippen molar-refractivity contribution in [3.8, 4) is 0 Å². The van der Waals surface area contributed by atoms with E-state index in [0.29, 0.717) is 6.54 Å². The number of nitrogens with one attached hydrogen (secondary N) is 2. The summed E-state index contributed by atoms with van der Waals surface area (Å²) in [6.07, 6.45) is 3.18. The van der Waals surface area contributed by atoms with Gasteiger partial charge in [0.15, 0.2) is 5.96 Å². The largest absolute Gasteiger partial charge is 0.352 e. The summed E-state index contributed by atoms with van der Waals surface area (Å²) in [5, 5.41) is 6.42. The predicted octanol–water partition coefficient (Wildman–Crippen LogP) is 4.25. The van der Waals surface area contributed by atoms with E-state index < -0.39 is 0 Å². The van der Waals surface area contributed by atoms with Crippen LogP contribution in [0.25, 0.3) is 0 Å². The lowest BCUT2D eigenvalue weighted by Gasteiger charge is -2.24. The molecule has 0 aromatic heterocycles. The fraction of sp³-hybridized carbons (Fsp3) is 0.364. The Labute approximate surface area is 184 Å². The van der Waals surface area contributed by atoms with Crippen molar-refractivity contribution in [1.82, 2.24) is 10.2 Å². The van der Waals surface area contributed by atoms with E-state index in [0.717, 1.165) is 43.0 Å². The average molecular weight is 492 g/mol. The number of nitrogens with zero attached hydrogens (tertiary/aromatic N) is 2. The first-order chi connectivity index (χ1) is 13.1. The number of hydrogen-bond donors (Lipinski definition) is 2. The molecule has 0 atom stereocenters. The molecule has 0 spiro atoms. The van der Waals surface area contributed by atoms with Gasteiger partial charge in [-0.15, -0.1) is 24.0 Å². The van der Waals surface area contributed by atoms with Gasteiger partial charge < -0.3 is 15.5 Å². The van der Waals surface area contributed by atoms with Gasteiger partial charge in [-0.3, -0.25) is 4.79 Å². The van der Waals surface area contributed by atoms with Crippen LogP contribution in [0.15, 0.2) is 59.6 Å². The Hall–Kier alpha value is -2.09. The molecule has 0 unspecified atom stereocenters. The van der Waals surface area contributed by atoms with Crippen molar-refractivity contribution >= 4 is 41.5 Å². The SMILES string of the molecule is CN(C)C(=NCc1cccc(NC(=O)C2CCC2)c1)NCc1ccccc1.I. The second-order valence-electron chi connectivity index (χ2n) is 7.19. The third-order valence-corrected chi connectivity index (χ3v) is 4.80. The fourth-order valence-electron chi connectivity index (χ4n) is 2.96. The van der Waals surface area contributed by atoms with Crippen LogP contribution in [0.1, 0.15) is 30.4 Å². The maximum atomic E-state index is 12.1. The van der Waals surface area contributed by atoms with Gasteiger partial charge in [0.1, 0.15) is 0 Å². The number of halogens is 1. The molecule has 2 N–H and O–H groups in total. The molecule has 1 fully saturated rings. The number of rotatable bonds is 6. The van der Waals surface area contributed by atoms with Crippen LogP contribution in [0.2, 0.25) is 0 Å². The summed E-state index contributed by atoms with van der Waals surface area (Å²) in [5.41, 5.74) is 3.14. The third-order valence-electron chi connectivity index (χ3n) is 4.80. The summed E-state index contributed by atoms with van der Waals surface area (Å²) in [6, 6.07) is 18.2. The number of hydrogen-bond acceptors (Lipinski definition) is 2. The van der Waals surface area contributed by atoms with Crippen LogP contribution in [0.4, 0.5) is 5.69 Å². The van der Waals surface area contributed by atoms with Crippen LogP contribution in [0.3, 0.4) is 0 Å². The molecule has 0 radical (unpaired) electrons. The van der Waals surface area contributed by atoms with Gasteiger partial charge in [-0.2, -0.15) is 0 Å². The molecule has 5 nitrogen and oxygen atoms in total. The number of carbonyl (C=O) groups excluding carboxylic acids is 1. The van der Waals surface area contributed by atoms with Crippen molar-refractivity contribution in [1.29, 1.82) is 0 Å². The minimum atomic E-state index is 0. The fourth-order valence-corrected chi connectivity index (χ4v) is 2.96. The van der Waals surface area contributed by atoms with Crippen molar-refractivity contribution in [3.05, 3.63) is 65.7 Å². The van der Waals surface area contributed by atoms with E-state index in [2.05, 4.69) is 22.8 Å². The first-order valence-electron chi connectivity index (χ1n) is 9.51. The lowest BCUT2D eigenvalue weighted by molar-refractivity contribution is -0.122. The second kappa shape index (κ2) is 11.0. The highest BCUT2D eigenvalue weighted by molar-refractivity contribution is 14.0. The zero-order valence-corrected chi connectivity index (χ0v) is 18.9. The molecule has 0 bridgehead atoms. The highest BCUT2D eigenvalue weighted by atomic mass is 127. The predicted molar refractivity (Wildman–Crippen MR) is 126 cm³/mol. The summed E-state index contributed by atoms with van der Waals surface area (Å²) in [4.78, 5) is 18.8. The van der Waals surface area contributed by atoms with E-state index in [4.69, 9.17) is 4.99 Å². The number of anilines is 1. The van der Waals surface area contributed by atoms with Crippen LogP contribution < -0.4 is 10.6 Å². The van der Waals surface area contributed by atoms with Crippen molar-refractivity contribution in [2.24, 2.45) is 10.9 Å². The molecule has 1 saturated carbocycles. The van der Waals surface area contributed by atoms with Gasteiger partial charge >= 0.3 is 0 Å². The van der Waals surface area contributed by atoms with E-state index in [1.807, 2.05) is 61.5 Å². The molecule has 1 amide bonds. The summed E-state index contributed by atoms with van der Waals surface area (Å²) >= 11 is 0. The number of benzene rings is 2. The zero-order valence-electron chi connectivity index (χ0n) is 16.5. The molecule has 150 valence electrons. The Kier molecular flexibility index (Phi) is 8.76. The molecular formula is C22H29IN4O.